The van der Waals surface area contributed by atoms with Crippen molar-refractivity contribution in [1.82, 2.24) is 0 Å². The predicted molar refractivity (Wildman–Crippen MR) is 250 cm³/mol. The summed E-state index contributed by atoms with van der Waals surface area (Å²) in [5.41, 5.74) is 10.4. The number of hydrogen-bond acceptors (Lipinski definition) is 2. The summed E-state index contributed by atoms with van der Waals surface area (Å²) in [5.74, 6) is 0. The molecule has 0 aliphatic carbocycles. The van der Waals surface area contributed by atoms with E-state index < -0.39 is 8.07 Å². The predicted octanol–water partition coefficient (Wildman–Crippen LogP) is 12.9. The maximum atomic E-state index is 4.41. The van der Waals surface area contributed by atoms with Gasteiger partial charge in [0.25, 0.3) is 0 Å². The minimum atomic E-state index is -2.61. The van der Waals surface area contributed by atoms with Gasteiger partial charge in [-0.15, -0.1) is 11.3 Å². The molecule has 1 aromatic heterocycles. The van der Waals surface area contributed by atoms with Crippen molar-refractivity contribution in [1.29, 1.82) is 0 Å². The van der Waals surface area contributed by atoms with Crippen molar-refractivity contribution in [3.8, 4) is 22.3 Å². The Hall–Kier alpha value is -6.78. The first-order chi connectivity index (χ1) is 28.2. The third kappa shape index (κ3) is 7.11. The standard InChI is InChI=1S/C54H41NSSi/c1-2-45(26-19-37-57(48-27-12-5-13-28-48,49-29-14-6-15-30-49)50-31-16-7-17-32-50)55(46-25-18-24-43(38-46)41-20-8-3-9-21-41)47-34-36-52-51-35-33-44(42-22-10-4-11-23-42)39-53(51)56-54(52)40-47/h2-40H,1H2/b37-19+,45-26+. The molecular weight excluding hydrogens is 723 g/mol. The zero-order valence-electron chi connectivity index (χ0n) is 31.6. The molecule has 0 fully saturated rings. The lowest BCUT2D eigenvalue weighted by molar-refractivity contribution is 1.22. The summed E-state index contributed by atoms with van der Waals surface area (Å²) in [6.07, 6.45) is 6.49. The van der Waals surface area contributed by atoms with Crippen LogP contribution in [0.1, 0.15) is 0 Å². The third-order valence-corrected chi connectivity index (χ3v) is 16.3. The number of fused-ring (bicyclic) bond motifs is 3. The smallest absolute Gasteiger partial charge is 0.172 e. The molecule has 57 heavy (non-hydrogen) atoms. The van der Waals surface area contributed by atoms with E-state index in [1.807, 2.05) is 17.4 Å². The van der Waals surface area contributed by atoms with Crippen molar-refractivity contribution >= 4 is 66.5 Å². The summed E-state index contributed by atoms with van der Waals surface area (Å²) in [6.45, 7) is 4.41. The molecule has 0 aliphatic rings. The Morgan fingerprint density at radius 1 is 0.439 bits per heavy atom. The van der Waals surface area contributed by atoms with Crippen molar-refractivity contribution in [3.63, 3.8) is 0 Å². The van der Waals surface area contributed by atoms with Crippen LogP contribution in [-0.4, -0.2) is 8.07 Å². The fourth-order valence-electron chi connectivity index (χ4n) is 8.03. The molecule has 9 aromatic rings. The second kappa shape index (κ2) is 16.1. The number of hydrogen-bond donors (Lipinski definition) is 0. The zero-order chi connectivity index (χ0) is 38.4. The van der Waals surface area contributed by atoms with Gasteiger partial charge < -0.3 is 4.90 Å². The van der Waals surface area contributed by atoms with Gasteiger partial charge in [-0.05, 0) is 80.3 Å². The summed E-state index contributed by atoms with van der Waals surface area (Å²) in [7, 11) is -2.61. The van der Waals surface area contributed by atoms with Crippen LogP contribution in [0.5, 0.6) is 0 Å². The lowest BCUT2D eigenvalue weighted by atomic mass is 10.0. The van der Waals surface area contributed by atoms with E-state index in [2.05, 4.69) is 242 Å². The van der Waals surface area contributed by atoms with Gasteiger partial charge in [0.2, 0.25) is 0 Å². The van der Waals surface area contributed by atoms with E-state index in [0.717, 1.165) is 22.6 Å². The maximum absolute atomic E-state index is 4.41. The van der Waals surface area contributed by atoms with Crippen molar-refractivity contribution in [2.75, 3.05) is 4.90 Å². The SMILES string of the molecule is C=C/C(=C\C=C\[Si](c1ccccc1)(c1ccccc1)c1ccccc1)N(c1cccc(-c2ccccc2)c1)c1ccc2c(c1)sc1cc(-c3ccccc3)ccc12. The minimum Gasteiger partial charge on any atom is -0.310 e. The van der Waals surface area contributed by atoms with Gasteiger partial charge in [-0.2, -0.15) is 0 Å². The lowest BCUT2D eigenvalue weighted by Crippen LogP contribution is -2.66. The van der Waals surface area contributed by atoms with E-state index in [4.69, 9.17) is 0 Å². The van der Waals surface area contributed by atoms with Gasteiger partial charge in [-0.25, -0.2) is 0 Å². The van der Waals surface area contributed by atoms with Crippen LogP contribution < -0.4 is 20.5 Å². The monoisotopic (exact) mass is 763 g/mol. The van der Waals surface area contributed by atoms with Gasteiger partial charge in [0.1, 0.15) is 0 Å². The lowest BCUT2D eigenvalue weighted by Gasteiger charge is -2.31. The molecule has 0 bridgehead atoms. The number of anilines is 2. The van der Waals surface area contributed by atoms with E-state index in [9.17, 15) is 0 Å². The highest BCUT2D eigenvalue weighted by Crippen LogP contribution is 2.41. The van der Waals surface area contributed by atoms with Crippen LogP contribution in [0.2, 0.25) is 0 Å². The fraction of sp³-hybridized carbons (Fsp3) is 0. The second-order valence-corrected chi connectivity index (χ2v) is 18.9. The van der Waals surface area contributed by atoms with Crippen molar-refractivity contribution in [3.05, 3.63) is 249 Å². The van der Waals surface area contributed by atoms with E-state index in [-0.39, 0.29) is 0 Å². The molecule has 0 radical (unpaired) electrons. The Morgan fingerprint density at radius 2 is 0.895 bits per heavy atom. The normalized spacial score (nSPS) is 12.0. The quantitative estimate of drug-likeness (QED) is 0.0720. The van der Waals surface area contributed by atoms with E-state index in [1.54, 1.807) is 0 Å². The maximum Gasteiger partial charge on any atom is 0.172 e. The molecule has 0 saturated carbocycles. The zero-order valence-corrected chi connectivity index (χ0v) is 33.4. The molecule has 0 unspecified atom stereocenters. The molecule has 0 saturated heterocycles. The molecule has 0 N–H and O–H groups in total. The Kier molecular flexibility index (Phi) is 10.2. The van der Waals surface area contributed by atoms with Gasteiger partial charge in [-0.3, -0.25) is 0 Å². The van der Waals surface area contributed by atoms with Crippen LogP contribution in [0.3, 0.4) is 0 Å². The average molecular weight is 764 g/mol. The Morgan fingerprint density at radius 3 is 1.44 bits per heavy atom. The largest absolute Gasteiger partial charge is 0.310 e. The molecule has 0 aliphatic heterocycles. The highest BCUT2D eigenvalue weighted by Gasteiger charge is 2.36. The number of benzene rings is 8. The fourth-order valence-corrected chi connectivity index (χ4v) is 13.3. The van der Waals surface area contributed by atoms with E-state index in [0.29, 0.717) is 0 Å². The summed E-state index contributed by atoms with van der Waals surface area (Å²) in [5, 5.41) is 6.57. The average Bonchev–Trinajstić information content (AvgIpc) is 3.66. The van der Waals surface area contributed by atoms with Gasteiger partial charge >= 0.3 is 0 Å². The minimum absolute atomic E-state index is 0.986. The van der Waals surface area contributed by atoms with Gasteiger partial charge in [0.15, 0.2) is 8.07 Å². The van der Waals surface area contributed by atoms with Crippen LogP contribution in [0.4, 0.5) is 11.4 Å². The molecular formula is C54H41NSSi. The molecule has 1 heterocycles. The van der Waals surface area contributed by atoms with Crippen molar-refractivity contribution in [2.45, 2.75) is 0 Å². The van der Waals surface area contributed by atoms with Gasteiger partial charge in [-0.1, -0.05) is 200 Å². The first kappa shape index (κ1) is 35.9. The summed E-state index contributed by atoms with van der Waals surface area (Å²) in [6, 6.07) is 76.8. The first-order valence-electron chi connectivity index (χ1n) is 19.4. The molecule has 1 nitrogen and oxygen atoms in total. The molecule has 8 aromatic carbocycles. The summed E-state index contributed by atoms with van der Waals surface area (Å²) in [4.78, 5) is 2.35. The topological polar surface area (TPSA) is 3.24 Å². The van der Waals surface area contributed by atoms with Gasteiger partial charge in [0, 0.05) is 37.2 Å². The molecule has 0 amide bonds. The number of allylic oxidation sites excluding steroid dienone is 3. The second-order valence-electron chi connectivity index (χ2n) is 14.2. The van der Waals surface area contributed by atoms with Crippen molar-refractivity contribution < 1.29 is 0 Å². The number of nitrogens with zero attached hydrogens (tertiary/aromatic N) is 1. The Balaban J connectivity index is 1.20. The molecule has 0 atom stereocenters. The number of thiophene rings is 1. The van der Waals surface area contributed by atoms with Crippen LogP contribution >= 0.6 is 11.3 Å². The summed E-state index contributed by atoms with van der Waals surface area (Å²) < 4.78 is 2.53. The van der Waals surface area contributed by atoms with Crippen LogP contribution in [0.25, 0.3) is 42.4 Å². The Labute approximate surface area is 340 Å². The van der Waals surface area contributed by atoms with Crippen LogP contribution in [-0.2, 0) is 0 Å². The van der Waals surface area contributed by atoms with Gasteiger partial charge in [0.05, 0.1) is 0 Å². The summed E-state index contributed by atoms with van der Waals surface area (Å²) >= 11 is 1.85. The Bertz CT molecular complexity index is 2750. The van der Waals surface area contributed by atoms with Crippen molar-refractivity contribution in [2.24, 2.45) is 0 Å². The highest BCUT2D eigenvalue weighted by atomic mass is 32.1. The molecule has 272 valence electrons. The molecule has 0 spiro atoms. The van der Waals surface area contributed by atoms with Crippen LogP contribution in [0, 0.1) is 0 Å². The number of rotatable bonds is 11. The van der Waals surface area contributed by atoms with E-state index >= 15 is 0 Å². The highest BCUT2D eigenvalue weighted by molar-refractivity contribution is 7.25. The van der Waals surface area contributed by atoms with Crippen LogP contribution in [0.15, 0.2) is 249 Å². The first-order valence-corrected chi connectivity index (χ1v) is 22.3. The van der Waals surface area contributed by atoms with E-state index in [1.165, 1.54) is 52.4 Å². The molecule has 9 rings (SSSR count). The molecule has 3 heteroatoms. The third-order valence-electron chi connectivity index (χ3n) is 10.8.